The number of fused-ring (bicyclic) bond motifs is 1. The van der Waals surface area contributed by atoms with Crippen LogP contribution in [0.5, 0.6) is 11.5 Å². The standard InChI is InChI=1S/C22H26FN3O/c1-15-18(23)11-16(26-10-6-5-9-22(26,2)3)12-21(15)27-17-7-8-20-19(13-17)24-14-25(20)4/h7-8,11-14H,5-6,9-10H2,1-4H3. The average molecular weight is 367 g/mol. The molecule has 1 aliphatic heterocycles. The number of rotatable bonds is 3. The number of aromatic nitrogens is 2. The van der Waals surface area contributed by atoms with Crippen LogP contribution in [0.2, 0.25) is 0 Å². The van der Waals surface area contributed by atoms with Crippen molar-refractivity contribution in [1.82, 2.24) is 9.55 Å². The molecular weight excluding hydrogens is 341 g/mol. The monoisotopic (exact) mass is 367 g/mol. The van der Waals surface area contributed by atoms with Crippen LogP contribution in [0.1, 0.15) is 38.7 Å². The highest BCUT2D eigenvalue weighted by Gasteiger charge is 2.30. The van der Waals surface area contributed by atoms with E-state index in [2.05, 4.69) is 23.7 Å². The van der Waals surface area contributed by atoms with Crippen LogP contribution in [-0.4, -0.2) is 21.6 Å². The first-order valence-electron chi connectivity index (χ1n) is 9.52. The van der Waals surface area contributed by atoms with E-state index in [1.807, 2.05) is 35.9 Å². The molecule has 1 fully saturated rings. The number of aryl methyl sites for hydroxylation is 1. The quantitative estimate of drug-likeness (QED) is 0.605. The van der Waals surface area contributed by atoms with Crippen LogP contribution in [0.4, 0.5) is 10.1 Å². The number of nitrogens with zero attached hydrogens (tertiary/aromatic N) is 3. The Morgan fingerprint density at radius 3 is 2.74 bits per heavy atom. The van der Waals surface area contributed by atoms with E-state index in [0.29, 0.717) is 17.1 Å². The normalized spacial score (nSPS) is 16.7. The molecule has 1 aromatic heterocycles. The molecule has 0 radical (unpaired) electrons. The van der Waals surface area contributed by atoms with E-state index in [1.165, 1.54) is 6.42 Å². The average Bonchev–Trinajstić information content (AvgIpc) is 2.99. The minimum Gasteiger partial charge on any atom is -0.457 e. The molecule has 1 aliphatic rings. The fourth-order valence-electron chi connectivity index (χ4n) is 3.95. The summed E-state index contributed by atoms with van der Waals surface area (Å²) >= 11 is 0. The van der Waals surface area contributed by atoms with Crippen molar-refractivity contribution in [2.24, 2.45) is 7.05 Å². The Labute approximate surface area is 159 Å². The SMILES string of the molecule is Cc1c(F)cc(N2CCCCC2(C)C)cc1Oc1ccc2c(c1)ncn2C. The second-order valence-electron chi connectivity index (χ2n) is 8.08. The van der Waals surface area contributed by atoms with E-state index in [0.717, 1.165) is 36.1 Å². The van der Waals surface area contributed by atoms with Crippen molar-refractivity contribution in [2.45, 2.75) is 45.6 Å². The van der Waals surface area contributed by atoms with E-state index in [4.69, 9.17) is 4.74 Å². The molecule has 4 rings (SSSR count). The molecule has 0 bridgehead atoms. The summed E-state index contributed by atoms with van der Waals surface area (Å²) in [7, 11) is 1.96. The van der Waals surface area contributed by atoms with Crippen LogP contribution in [0, 0.1) is 12.7 Å². The Morgan fingerprint density at radius 2 is 1.96 bits per heavy atom. The van der Waals surface area contributed by atoms with Crippen molar-refractivity contribution in [3.8, 4) is 11.5 Å². The summed E-state index contributed by atoms with van der Waals surface area (Å²) < 4.78 is 22.7. The van der Waals surface area contributed by atoms with E-state index >= 15 is 0 Å². The van der Waals surface area contributed by atoms with Gasteiger partial charge < -0.3 is 14.2 Å². The van der Waals surface area contributed by atoms with Gasteiger partial charge in [0, 0.05) is 42.5 Å². The second kappa shape index (κ2) is 6.55. The molecule has 0 amide bonds. The zero-order valence-corrected chi connectivity index (χ0v) is 16.4. The zero-order chi connectivity index (χ0) is 19.2. The predicted octanol–water partition coefficient (Wildman–Crippen LogP) is 5.58. The molecule has 0 atom stereocenters. The maximum atomic E-state index is 14.7. The molecule has 0 N–H and O–H groups in total. The van der Waals surface area contributed by atoms with Gasteiger partial charge in [-0.1, -0.05) is 0 Å². The first-order chi connectivity index (χ1) is 12.8. The number of imidazole rings is 1. The lowest BCUT2D eigenvalue weighted by atomic mass is 9.89. The van der Waals surface area contributed by atoms with Crippen LogP contribution < -0.4 is 9.64 Å². The van der Waals surface area contributed by atoms with Crippen LogP contribution in [-0.2, 0) is 7.05 Å². The molecule has 27 heavy (non-hydrogen) atoms. The minimum absolute atomic E-state index is 0.0179. The number of piperidine rings is 1. The number of anilines is 1. The Bertz CT molecular complexity index is 993. The highest BCUT2D eigenvalue weighted by Crippen LogP contribution is 2.37. The molecule has 0 spiro atoms. The van der Waals surface area contributed by atoms with Gasteiger partial charge in [-0.25, -0.2) is 9.37 Å². The van der Waals surface area contributed by atoms with Gasteiger partial charge in [-0.3, -0.25) is 0 Å². The number of hydrogen-bond donors (Lipinski definition) is 0. The number of hydrogen-bond acceptors (Lipinski definition) is 3. The molecule has 5 heteroatoms. The largest absolute Gasteiger partial charge is 0.457 e. The van der Waals surface area contributed by atoms with Gasteiger partial charge in [-0.05, 0) is 58.2 Å². The Kier molecular flexibility index (Phi) is 4.33. The Morgan fingerprint density at radius 1 is 1.15 bits per heavy atom. The molecular formula is C22H26FN3O. The molecule has 4 nitrogen and oxygen atoms in total. The topological polar surface area (TPSA) is 30.3 Å². The summed E-state index contributed by atoms with van der Waals surface area (Å²) in [5.41, 5.74) is 3.33. The van der Waals surface area contributed by atoms with Crippen LogP contribution >= 0.6 is 0 Å². The van der Waals surface area contributed by atoms with Gasteiger partial charge in [0.15, 0.2) is 0 Å². The molecule has 142 valence electrons. The van der Waals surface area contributed by atoms with Crippen molar-refractivity contribution in [3.05, 3.63) is 48.0 Å². The number of halogens is 1. The maximum absolute atomic E-state index is 14.7. The van der Waals surface area contributed by atoms with Crippen LogP contribution in [0.25, 0.3) is 11.0 Å². The van der Waals surface area contributed by atoms with E-state index < -0.39 is 0 Å². The third-order valence-corrected chi connectivity index (χ3v) is 5.67. The molecule has 3 aromatic rings. The predicted molar refractivity (Wildman–Crippen MR) is 107 cm³/mol. The van der Waals surface area contributed by atoms with Gasteiger partial charge >= 0.3 is 0 Å². The van der Waals surface area contributed by atoms with Crippen molar-refractivity contribution < 1.29 is 9.13 Å². The van der Waals surface area contributed by atoms with Crippen LogP contribution in [0.3, 0.4) is 0 Å². The first-order valence-corrected chi connectivity index (χ1v) is 9.52. The van der Waals surface area contributed by atoms with Gasteiger partial charge in [0.1, 0.15) is 17.3 Å². The van der Waals surface area contributed by atoms with Gasteiger partial charge in [-0.15, -0.1) is 0 Å². The first kappa shape index (κ1) is 17.8. The lowest BCUT2D eigenvalue weighted by molar-refractivity contribution is 0.360. The summed E-state index contributed by atoms with van der Waals surface area (Å²) in [4.78, 5) is 6.67. The highest BCUT2D eigenvalue weighted by atomic mass is 19.1. The van der Waals surface area contributed by atoms with Gasteiger partial charge in [0.2, 0.25) is 0 Å². The van der Waals surface area contributed by atoms with Crippen molar-refractivity contribution in [3.63, 3.8) is 0 Å². The summed E-state index contributed by atoms with van der Waals surface area (Å²) in [5.74, 6) is 0.989. The van der Waals surface area contributed by atoms with Gasteiger partial charge in [0.25, 0.3) is 0 Å². The molecule has 2 heterocycles. The number of ether oxygens (including phenoxy) is 1. The fourth-order valence-corrected chi connectivity index (χ4v) is 3.95. The highest BCUT2D eigenvalue weighted by molar-refractivity contribution is 5.77. The minimum atomic E-state index is -0.234. The van der Waals surface area contributed by atoms with E-state index in [-0.39, 0.29) is 11.4 Å². The van der Waals surface area contributed by atoms with Gasteiger partial charge in [-0.2, -0.15) is 0 Å². The zero-order valence-electron chi connectivity index (χ0n) is 16.4. The van der Waals surface area contributed by atoms with E-state index in [9.17, 15) is 4.39 Å². The summed E-state index contributed by atoms with van der Waals surface area (Å²) in [6.07, 6.45) is 5.23. The van der Waals surface area contributed by atoms with Gasteiger partial charge in [0.05, 0.1) is 17.4 Å². The van der Waals surface area contributed by atoms with Crippen molar-refractivity contribution in [2.75, 3.05) is 11.4 Å². The van der Waals surface area contributed by atoms with Crippen molar-refractivity contribution >= 4 is 16.7 Å². The summed E-state index contributed by atoms with van der Waals surface area (Å²) in [5, 5.41) is 0. The Balaban J connectivity index is 1.70. The summed E-state index contributed by atoms with van der Waals surface area (Å²) in [6.45, 7) is 7.14. The second-order valence-corrected chi connectivity index (χ2v) is 8.08. The maximum Gasteiger partial charge on any atom is 0.135 e. The fraction of sp³-hybridized carbons (Fsp3) is 0.409. The third-order valence-electron chi connectivity index (χ3n) is 5.67. The molecule has 0 saturated carbocycles. The third kappa shape index (κ3) is 3.27. The number of benzene rings is 2. The molecule has 1 saturated heterocycles. The van der Waals surface area contributed by atoms with Crippen LogP contribution in [0.15, 0.2) is 36.7 Å². The summed E-state index contributed by atoms with van der Waals surface area (Å²) in [6, 6.07) is 9.37. The molecule has 0 aliphatic carbocycles. The lowest BCUT2D eigenvalue weighted by Gasteiger charge is -2.44. The van der Waals surface area contributed by atoms with E-state index in [1.54, 1.807) is 19.3 Å². The lowest BCUT2D eigenvalue weighted by Crippen LogP contribution is -2.47. The molecule has 0 unspecified atom stereocenters. The van der Waals surface area contributed by atoms with Crippen molar-refractivity contribution in [1.29, 1.82) is 0 Å². The molecule has 2 aromatic carbocycles. The smallest absolute Gasteiger partial charge is 0.135 e. The Hall–Kier alpha value is -2.56.